The molecule has 0 bridgehead atoms. The number of rotatable bonds is 12. The number of nitrogens with two attached hydrogens (primary N) is 1. The van der Waals surface area contributed by atoms with E-state index in [1.807, 2.05) is 0 Å². The molecule has 0 saturated carbocycles. The van der Waals surface area contributed by atoms with Crippen LogP contribution in [0.3, 0.4) is 0 Å². The molecular formula is C20H30N4O5S2. The highest BCUT2D eigenvalue weighted by molar-refractivity contribution is 7.80. The van der Waals surface area contributed by atoms with Gasteiger partial charge >= 0.3 is 5.97 Å². The third-order valence-corrected chi connectivity index (χ3v) is 5.25. The summed E-state index contributed by atoms with van der Waals surface area (Å²) in [4.78, 5) is 49.0. The van der Waals surface area contributed by atoms with Gasteiger partial charge in [0.15, 0.2) is 0 Å². The van der Waals surface area contributed by atoms with Crippen LogP contribution in [0.1, 0.15) is 19.4 Å². The van der Waals surface area contributed by atoms with Crippen molar-refractivity contribution in [2.75, 3.05) is 11.5 Å². The van der Waals surface area contributed by atoms with E-state index in [1.54, 1.807) is 44.2 Å². The van der Waals surface area contributed by atoms with E-state index < -0.39 is 47.9 Å². The molecule has 9 nitrogen and oxygen atoms in total. The minimum Gasteiger partial charge on any atom is -0.480 e. The van der Waals surface area contributed by atoms with Crippen molar-refractivity contribution in [3.05, 3.63) is 35.9 Å². The SMILES string of the molecule is CC(C)C(NC(=O)C(N)CS)C(=O)NC(CS)C(=O)NC(Cc1ccccc1)C(=O)O. The summed E-state index contributed by atoms with van der Waals surface area (Å²) in [7, 11) is 0. The number of benzene rings is 1. The normalized spacial score (nSPS) is 14.8. The standard InChI is InChI=1S/C20H30N4O5S2/c1-11(2)16(24-17(25)13(21)9-30)19(27)23-15(10-31)18(26)22-14(20(28)29)8-12-6-4-3-5-7-12/h3-7,11,13-16,30-31H,8-10,21H2,1-2H3,(H,22,26)(H,23,27)(H,24,25)(H,28,29). The molecule has 4 atom stereocenters. The predicted molar refractivity (Wildman–Crippen MR) is 124 cm³/mol. The molecule has 0 spiro atoms. The Bertz CT molecular complexity index is 763. The molecule has 11 heteroatoms. The number of hydrogen-bond donors (Lipinski definition) is 7. The maximum Gasteiger partial charge on any atom is 0.326 e. The molecule has 4 unspecified atom stereocenters. The Balaban J connectivity index is 2.83. The van der Waals surface area contributed by atoms with Crippen LogP contribution in [-0.2, 0) is 25.6 Å². The Labute approximate surface area is 192 Å². The number of aliphatic carboxylic acids is 1. The molecule has 6 N–H and O–H groups in total. The second kappa shape index (κ2) is 13.2. The fourth-order valence-electron chi connectivity index (χ4n) is 2.66. The number of carboxylic acids is 1. The summed E-state index contributed by atoms with van der Waals surface area (Å²) in [5.74, 6) is -3.27. The number of amides is 3. The zero-order valence-corrected chi connectivity index (χ0v) is 19.2. The Kier molecular flexibility index (Phi) is 11.4. The van der Waals surface area contributed by atoms with Gasteiger partial charge in [0, 0.05) is 17.9 Å². The fraction of sp³-hybridized carbons (Fsp3) is 0.500. The van der Waals surface area contributed by atoms with Crippen molar-refractivity contribution in [2.45, 2.75) is 44.4 Å². The smallest absolute Gasteiger partial charge is 0.326 e. The molecule has 3 amide bonds. The number of carbonyl (C=O) groups excluding carboxylic acids is 3. The molecule has 0 fully saturated rings. The van der Waals surface area contributed by atoms with Crippen molar-refractivity contribution >= 4 is 48.9 Å². The zero-order valence-electron chi connectivity index (χ0n) is 17.4. The van der Waals surface area contributed by atoms with Crippen molar-refractivity contribution in [2.24, 2.45) is 11.7 Å². The van der Waals surface area contributed by atoms with Gasteiger partial charge in [-0.3, -0.25) is 14.4 Å². The number of nitrogens with one attached hydrogen (secondary N) is 3. The second-order valence-corrected chi connectivity index (χ2v) is 8.08. The van der Waals surface area contributed by atoms with Crippen molar-refractivity contribution in [3.63, 3.8) is 0 Å². The van der Waals surface area contributed by atoms with Crippen LogP contribution in [-0.4, -0.2) is 64.5 Å². The van der Waals surface area contributed by atoms with Gasteiger partial charge in [-0.15, -0.1) is 0 Å². The summed E-state index contributed by atoms with van der Waals surface area (Å²) < 4.78 is 0. The molecule has 0 aliphatic carbocycles. The average Bonchev–Trinajstić information content (AvgIpc) is 2.74. The summed E-state index contributed by atoms with van der Waals surface area (Å²) in [6, 6.07) is 4.77. The minimum absolute atomic E-state index is 0.0653. The van der Waals surface area contributed by atoms with Crippen molar-refractivity contribution < 1.29 is 24.3 Å². The topological polar surface area (TPSA) is 151 Å². The molecule has 172 valence electrons. The van der Waals surface area contributed by atoms with E-state index in [4.69, 9.17) is 5.73 Å². The second-order valence-electron chi connectivity index (χ2n) is 7.35. The summed E-state index contributed by atoms with van der Waals surface area (Å²) in [6.45, 7) is 3.46. The van der Waals surface area contributed by atoms with Gasteiger partial charge in [0.05, 0.1) is 6.04 Å². The lowest BCUT2D eigenvalue weighted by molar-refractivity contribution is -0.142. The van der Waals surface area contributed by atoms with Gasteiger partial charge in [-0.1, -0.05) is 44.2 Å². The first-order valence-corrected chi connectivity index (χ1v) is 11.0. The highest BCUT2D eigenvalue weighted by Gasteiger charge is 2.31. The predicted octanol–water partition coefficient (Wildman–Crippen LogP) is -0.389. The lowest BCUT2D eigenvalue weighted by atomic mass is 10.0. The molecule has 31 heavy (non-hydrogen) atoms. The molecule has 0 aliphatic heterocycles. The molecule has 1 aromatic carbocycles. The maximum atomic E-state index is 12.7. The van der Waals surface area contributed by atoms with Gasteiger partial charge in [-0.2, -0.15) is 25.3 Å². The van der Waals surface area contributed by atoms with Crippen LogP contribution in [0.4, 0.5) is 0 Å². The van der Waals surface area contributed by atoms with E-state index in [9.17, 15) is 24.3 Å². The van der Waals surface area contributed by atoms with Crippen LogP contribution in [0.2, 0.25) is 0 Å². The lowest BCUT2D eigenvalue weighted by Crippen LogP contribution is -2.59. The zero-order chi connectivity index (χ0) is 23.6. The van der Waals surface area contributed by atoms with Gasteiger partial charge in [-0.25, -0.2) is 4.79 Å². The highest BCUT2D eigenvalue weighted by Crippen LogP contribution is 2.06. The van der Waals surface area contributed by atoms with E-state index in [0.29, 0.717) is 0 Å². The Morgan fingerprint density at radius 2 is 1.48 bits per heavy atom. The van der Waals surface area contributed by atoms with E-state index >= 15 is 0 Å². The van der Waals surface area contributed by atoms with Gasteiger partial charge in [0.1, 0.15) is 18.1 Å². The van der Waals surface area contributed by atoms with E-state index in [0.717, 1.165) is 5.56 Å². The van der Waals surface area contributed by atoms with Crippen molar-refractivity contribution in [1.82, 2.24) is 16.0 Å². The van der Waals surface area contributed by atoms with Gasteiger partial charge < -0.3 is 26.8 Å². The molecule has 1 rings (SSSR count). The maximum absolute atomic E-state index is 12.7. The Morgan fingerprint density at radius 3 is 1.97 bits per heavy atom. The monoisotopic (exact) mass is 470 g/mol. The van der Waals surface area contributed by atoms with Crippen LogP contribution in [0.5, 0.6) is 0 Å². The summed E-state index contributed by atoms with van der Waals surface area (Å²) in [5, 5.41) is 17.0. The molecule has 0 heterocycles. The first kappa shape index (κ1) is 26.8. The van der Waals surface area contributed by atoms with E-state index in [-0.39, 0.29) is 23.8 Å². The van der Waals surface area contributed by atoms with Gasteiger partial charge in [-0.05, 0) is 11.5 Å². The Morgan fingerprint density at radius 1 is 0.903 bits per heavy atom. The molecule has 0 aliphatic rings. The minimum atomic E-state index is -1.20. The number of carbonyl (C=O) groups is 4. The molecule has 0 aromatic heterocycles. The van der Waals surface area contributed by atoms with E-state index in [2.05, 4.69) is 41.2 Å². The third-order valence-electron chi connectivity index (χ3n) is 4.49. The number of hydrogen-bond acceptors (Lipinski definition) is 7. The van der Waals surface area contributed by atoms with E-state index in [1.165, 1.54) is 0 Å². The van der Waals surface area contributed by atoms with Gasteiger partial charge in [0.25, 0.3) is 0 Å². The summed E-state index contributed by atoms with van der Waals surface area (Å²) in [6.07, 6.45) is 0.0848. The fourth-order valence-corrected chi connectivity index (χ4v) is 3.08. The molecule has 0 radical (unpaired) electrons. The quantitative estimate of drug-likeness (QED) is 0.207. The van der Waals surface area contributed by atoms with Crippen LogP contribution < -0.4 is 21.7 Å². The van der Waals surface area contributed by atoms with Crippen LogP contribution in [0.25, 0.3) is 0 Å². The average molecular weight is 471 g/mol. The Hall–Kier alpha value is -2.24. The van der Waals surface area contributed by atoms with Crippen molar-refractivity contribution in [1.29, 1.82) is 0 Å². The van der Waals surface area contributed by atoms with Crippen LogP contribution >= 0.6 is 25.3 Å². The first-order valence-electron chi connectivity index (χ1n) is 9.75. The number of carboxylic acid groups (broad SMARTS) is 1. The number of thiol groups is 2. The van der Waals surface area contributed by atoms with Gasteiger partial charge in [0.2, 0.25) is 17.7 Å². The molecular weight excluding hydrogens is 440 g/mol. The summed E-state index contributed by atoms with van der Waals surface area (Å²) in [5.41, 5.74) is 6.38. The first-order chi connectivity index (χ1) is 14.6. The van der Waals surface area contributed by atoms with Crippen LogP contribution in [0.15, 0.2) is 30.3 Å². The molecule has 0 saturated heterocycles. The largest absolute Gasteiger partial charge is 0.480 e. The van der Waals surface area contributed by atoms with Crippen LogP contribution in [0, 0.1) is 5.92 Å². The summed E-state index contributed by atoms with van der Waals surface area (Å²) >= 11 is 8.07. The van der Waals surface area contributed by atoms with Crippen molar-refractivity contribution in [3.8, 4) is 0 Å². The third kappa shape index (κ3) is 8.80. The lowest BCUT2D eigenvalue weighted by Gasteiger charge is -2.26. The molecule has 1 aromatic rings. The highest BCUT2D eigenvalue weighted by atomic mass is 32.1.